The minimum atomic E-state index is -5.72. The molecule has 0 atom stereocenters. The van der Waals surface area contributed by atoms with Crippen LogP contribution in [-0.4, -0.2) is 28.3 Å². The number of aryl methyl sites for hydroxylation is 1. The van der Waals surface area contributed by atoms with Gasteiger partial charge in [-0.2, -0.15) is 26.6 Å². The van der Waals surface area contributed by atoms with E-state index in [1.807, 2.05) is 0 Å². The third kappa shape index (κ3) is 2.55. The molecule has 2 aromatic heterocycles. The van der Waals surface area contributed by atoms with Crippen LogP contribution in [0.15, 0.2) is 12.4 Å². The first kappa shape index (κ1) is 14.1. The molecule has 0 bridgehead atoms. The third-order valence-corrected chi connectivity index (χ3v) is 4.03. The Labute approximate surface area is 117 Å². The molecule has 10 heteroatoms. The second-order valence-electron chi connectivity index (χ2n) is 4.82. The largest absolute Gasteiger partial charge is 0.534 e. The highest BCUT2D eigenvalue weighted by molar-refractivity contribution is 7.87. The predicted octanol–water partition coefficient (Wildman–Crippen LogP) is 2.14. The van der Waals surface area contributed by atoms with Gasteiger partial charge in [0.25, 0.3) is 5.88 Å². The lowest BCUT2D eigenvalue weighted by atomic mass is 10.3. The van der Waals surface area contributed by atoms with Gasteiger partial charge in [-0.1, -0.05) is 0 Å². The summed E-state index contributed by atoms with van der Waals surface area (Å²) in [6.45, 7) is 1.65. The summed E-state index contributed by atoms with van der Waals surface area (Å²) in [5.74, 6) is -0.288. The van der Waals surface area contributed by atoms with E-state index in [2.05, 4.69) is 14.2 Å². The van der Waals surface area contributed by atoms with Crippen molar-refractivity contribution in [3.8, 4) is 5.88 Å². The monoisotopic (exact) mass is 321 g/mol. The summed E-state index contributed by atoms with van der Waals surface area (Å²) in [5, 5.41) is 0. The third-order valence-electron chi connectivity index (χ3n) is 3.08. The molecule has 0 spiro atoms. The zero-order valence-corrected chi connectivity index (χ0v) is 11.6. The van der Waals surface area contributed by atoms with E-state index in [0.717, 1.165) is 24.7 Å². The number of rotatable bonds is 3. The summed E-state index contributed by atoms with van der Waals surface area (Å²) in [7, 11) is -5.72. The van der Waals surface area contributed by atoms with Crippen LogP contribution < -0.4 is 4.18 Å². The van der Waals surface area contributed by atoms with Crippen molar-refractivity contribution in [1.82, 2.24) is 14.4 Å². The van der Waals surface area contributed by atoms with Crippen LogP contribution in [0.3, 0.4) is 0 Å². The average Bonchev–Trinajstić information content (AvgIpc) is 3.09. The number of nitrogens with zero attached hydrogens (tertiary/aromatic N) is 3. The van der Waals surface area contributed by atoms with Gasteiger partial charge in [-0.25, -0.2) is 0 Å². The van der Waals surface area contributed by atoms with Crippen LogP contribution >= 0.6 is 0 Å². The van der Waals surface area contributed by atoms with Crippen LogP contribution in [0.25, 0.3) is 5.65 Å². The van der Waals surface area contributed by atoms with E-state index < -0.39 is 21.5 Å². The highest BCUT2D eigenvalue weighted by Crippen LogP contribution is 2.39. The zero-order chi connectivity index (χ0) is 15.4. The molecule has 0 unspecified atom stereocenters. The number of fused-ring (bicyclic) bond motifs is 1. The Morgan fingerprint density at radius 3 is 2.52 bits per heavy atom. The standard InChI is InChI=1S/C11H10F3N3O3S/c1-6-10-16-9(20-21(18,19)11(12,13)14)5-17(10)4-8(15-6)7-2-3-7/h4-5,7H,2-3H2,1H3. The summed E-state index contributed by atoms with van der Waals surface area (Å²) in [4.78, 5) is 8.04. The molecule has 3 rings (SSSR count). The van der Waals surface area contributed by atoms with Gasteiger partial charge in [0.2, 0.25) is 0 Å². The minimum absolute atomic E-state index is 0.256. The van der Waals surface area contributed by atoms with Crippen LogP contribution in [0.1, 0.15) is 30.1 Å². The molecule has 1 saturated carbocycles. The normalized spacial score (nSPS) is 16.4. The van der Waals surface area contributed by atoms with Gasteiger partial charge in [0, 0.05) is 12.1 Å². The molecule has 2 aromatic rings. The van der Waals surface area contributed by atoms with Gasteiger partial charge in [-0.3, -0.25) is 9.38 Å². The van der Waals surface area contributed by atoms with E-state index >= 15 is 0 Å². The second kappa shape index (κ2) is 4.33. The van der Waals surface area contributed by atoms with Crippen molar-refractivity contribution in [3.05, 3.63) is 23.8 Å². The first-order valence-electron chi connectivity index (χ1n) is 6.04. The van der Waals surface area contributed by atoms with Crippen molar-refractivity contribution >= 4 is 15.8 Å². The zero-order valence-electron chi connectivity index (χ0n) is 10.8. The summed E-state index contributed by atoms with van der Waals surface area (Å²) < 4.78 is 64.2. The van der Waals surface area contributed by atoms with Crippen molar-refractivity contribution in [2.75, 3.05) is 0 Å². The Balaban J connectivity index is 2.00. The van der Waals surface area contributed by atoms with Crippen molar-refractivity contribution in [3.63, 3.8) is 0 Å². The Bertz CT molecular complexity index is 809. The first-order chi connectivity index (χ1) is 9.67. The fourth-order valence-electron chi connectivity index (χ4n) is 1.93. The molecule has 0 saturated heterocycles. The fraction of sp³-hybridized carbons (Fsp3) is 0.455. The van der Waals surface area contributed by atoms with E-state index in [4.69, 9.17) is 0 Å². The lowest BCUT2D eigenvalue weighted by Gasteiger charge is -2.06. The van der Waals surface area contributed by atoms with Crippen LogP contribution in [0.5, 0.6) is 5.88 Å². The maximum Gasteiger partial charge on any atom is 0.534 e. The van der Waals surface area contributed by atoms with Gasteiger partial charge < -0.3 is 4.18 Å². The number of imidazole rings is 1. The van der Waals surface area contributed by atoms with Crippen LogP contribution in [0, 0.1) is 6.92 Å². The van der Waals surface area contributed by atoms with E-state index in [0.29, 0.717) is 11.6 Å². The smallest absolute Gasteiger partial charge is 0.354 e. The van der Waals surface area contributed by atoms with Crippen molar-refractivity contribution < 1.29 is 25.8 Å². The Morgan fingerprint density at radius 2 is 1.95 bits per heavy atom. The van der Waals surface area contributed by atoms with E-state index in [-0.39, 0.29) is 5.65 Å². The van der Waals surface area contributed by atoms with Gasteiger partial charge >= 0.3 is 15.6 Å². The van der Waals surface area contributed by atoms with E-state index in [1.165, 1.54) is 4.40 Å². The molecule has 21 heavy (non-hydrogen) atoms. The molecule has 0 amide bonds. The molecule has 0 aliphatic heterocycles. The first-order valence-corrected chi connectivity index (χ1v) is 7.45. The molecule has 0 N–H and O–H groups in total. The lowest BCUT2D eigenvalue weighted by molar-refractivity contribution is -0.0501. The van der Waals surface area contributed by atoms with Gasteiger partial charge in [0.1, 0.15) is 0 Å². The molecule has 1 aliphatic rings. The Kier molecular flexibility index (Phi) is 2.91. The molecular weight excluding hydrogens is 311 g/mol. The maximum absolute atomic E-state index is 12.3. The van der Waals surface area contributed by atoms with E-state index in [1.54, 1.807) is 13.1 Å². The molecular formula is C11H10F3N3O3S. The Morgan fingerprint density at radius 1 is 1.29 bits per heavy atom. The number of halogens is 3. The summed E-state index contributed by atoms with van der Waals surface area (Å²) >= 11 is 0. The summed E-state index contributed by atoms with van der Waals surface area (Å²) in [5.41, 5.74) is -3.93. The topological polar surface area (TPSA) is 73.6 Å². The van der Waals surface area contributed by atoms with Crippen molar-refractivity contribution in [2.45, 2.75) is 31.2 Å². The number of hydrogen-bond donors (Lipinski definition) is 0. The molecule has 0 aromatic carbocycles. The molecule has 114 valence electrons. The van der Waals surface area contributed by atoms with Crippen LogP contribution in [0.2, 0.25) is 0 Å². The van der Waals surface area contributed by atoms with Gasteiger partial charge in [0.05, 0.1) is 17.6 Å². The van der Waals surface area contributed by atoms with Crippen LogP contribution in [0.4, 0.5) is 13.2 Å². The molecule has 0 radical (unpaired) electrons. The predicted molar refractivity (Wildman–Crippen MR) is 65.3 cm³/mol. The maximum atomic E-state index is 12.3. The number of aromatic nitrogens is 3. The highest BCUT2D eigenvalue weighted by Gasteiger charge is 2.49. The number of hydrogen-bond acceptors (Lipinski definition) is 5. The van der Waals surface area contributed by atoms with Gasteiger partial charge in [0.15, 0.2) is 5.65 Å². The van der Waals surface area contributed by atoms with Crippen LogP contribution in [-0.2, 0) is 10.1 Å². The molecule has 6 nitrogen and oxygen atoms in total. The van der Waals surface area contributed by atoms with Gasteiger partial charge in [-0.15, -0.1) is 0 Å². The molecule has 2 heterocycles. The fourth-order valence-corrected chi connectivity index (χ4v) is 2.33. The number of alkyl halides is 3. The second-order valence-corrected chi connectivity index (χ2v) is 6.36. The van der Waals surface area contributed by atoms with Crippen molar-refractivity contribution in [1.29, 1.82) is 0 Å². The molecule has 1 fully saturated rings. The minimum Gasteiger partial charge on any atom is -0.354 e. The van der Waals surface area contributed by atoms with Crippen molar-refractivity contribution in [2.24, 2.45) is 0 Å². The quantitative estimate of drug-likeness (QED) is 0.640. The highest BCUT2D eigenvalue weighted by atomic mass is 32.2. The SMILES string of the molecule is Cc1nc(C2CC2)cn2cc(OS(=O)(=O)C(F)(F)F)nc12. The summed E-state index contributed by atoms with van der Waals surface area (Å²) in [6.07, 6.45) is 4.75. The van der Waals surface area contributed by atoms with E-state index in [9.17, 15) is 21.6 Å². The summed E-state index contributed by atoms with van der Waals surface area (Å²) in [6, 6.07) is 0. The Hall–Kier alpha value is -1.84. The lowest BCUT2D eigenvalue weighted by Crippen LogP contribution is -2.28. The molecule has 1 aliphatic carbocycles. The average molecular weight is 321 g/mol. The van der Waals surface area contributed by atoms with Gasteiger partial charge in [-0.05, 0) is 19.8 Å².